The average Bonchev–Trinajstić information content (AvgIpc) is 2.46. The minimum atomic E-state index is -1.26. The third kappa shape index (κ3) is 3.01. The lowest BCUT2D eigenvalue weighted by atomic mass is 10.2. The molecule has 1 saturated heterocycles. The molecule has 20 heavy (non-hydrogen) atoms. The Morgan fingerprint density at radius 1 is 1.25 bits per heavy atom. The van der Waals surface area contributed by atoms with Gasteiger partial charge in [-0.2, -0.15) is 0 Å². The summed E-state index contributed by atoms with van der Waals surface area (Å²) >= 11 is 0. The van der Waals surface area contributed by atoms with Crippen LogP contribution in [0.1, 0.15) is 6.92 Å². The van der Waals surface area contributed by atoms with Crippen LogP contribution >= 0.6 is 0 Å². The van der Waals surface area contributed by atoms with Gasteiger partial charge in [-0.1, -0.05) is 0 Å². The van der Waals surface area contributed by atoms with Crippen LogP contribution < -0.4 is 14.9 Å². The predicted octanol–water partition coefficient (Wildman–Crippen LogP) is -0.124. The first kappa shape index (κ1) is 14.6. The molecule has 0 unspecified atom stereocenters. The standard InChI is InChI=1S/C13H18N3O4/c1-10(17)14-5-7-15(8-6-14)11-3-4-13(20-2)12(9-11)16(18)19/h3-4,9,16H,5-8H2,1-2H3/q-1. The molecule has 1 aliphatic heterocycles. The topological polar surface area (TPSA) is 83.3 Å². The zero-order chi connectivity index (χ0) is 14.7. The second-order valence-corrected chi connectivity index (χ2v) is 4.67. The smallest absolute Gasteiger partial charge is 0.219 e. The number of methoxy groups -OCH3 is 1. The minimum absolute atomic E-state index is 0.0407. The number of nitrogens with zero attached hydrogens (tertiary/aromatic N) is 2. The first-order valence-corrected chi connectivity index (χ1v) is 6.42. The molecule has 0 spiro atoms. The monoisotopic (exact) mass is 280 g/mol. The van der Waals surface area contributed by atoms with E-state index in [1.165, 1.54) is 7.11 Å². The van der Waals surface area contributed by atoms with Gasteiger partial charge in [0.25, 0.3) is 0 Å². The van der Waals surface area contributed by atoms with Crippen molar-refractivity contribution in [2.45, 2.75) is 6.92 Å². The lowest BCUT2D eigenvalue weighted by molar-refractivity contribution is -0.715. The van der Waals surface area contributed by atoms with Crippen LogP contribution in [-0.2, 0) is 4.79 Å². The van der Waals surface area contributed by atoms with Crippen LogP contribution in [0.3, 0.4) is 0 Å². The highest BCUT2D eigenvalue weighted by atomic mass is 16.8. The number of piperazine rings is 1. The van der Waals surface area contributed by atoms with Gasteiger partial charge < -0.3 is 30.2 Å². The van der Waals surface area contributed by atoms with Crippen molar-refractivity contribution in [1.29, 1.82) is 0 Å². The molecule has 1 heterocycles. The van der Waals surface area contributed by atoms with Gasteiger partial charge in [-0.25, -0.2) is 0 Å². The molecule has 1 fully saturated rings. The van der Waals surface area contributed by atoms with Crippen LogP contribution in [-0.4, -0.2) is 44.1 Å². The highest BCUT2D eigenvalue weighted by Gasteiger charge is 2.20. The predicted molar refractivity (Wildman–Crippen MR) is 74.8 cm³/mol. The molecule has 7 nitrogen and oxygen atoms in total. The van der Waals surface area contributed by atoms with Crippen LogP contribution in [0.2, 0.25) is 0 Å². The second kappa shape index (κ2) is 6.08. The quantitative estimate of drug-likeness (QED) is 0.780. The molecule has 1 N–H and O–H groups in total. The van der Waals surface area contributed by atoms with E-state index in [1.54, 1.807) is 24.0 Å². The number of anilines is 1. The Kier molecular flexibility index (Phi) is 4.43. The molecule has 0 aliphatic carbocycles. The molecular weight excluding hydrogens is 262 g/mol. The number of hydrogen-bond acceptors (Lipinski definition) is 5. The van der Waals surface area contributed by atoms with Crippen molar-refractivity contribution in [3.63, 3.8) is 0 Å². The van der Waals surface area contributed by atoms with Gasteiger partial charge in [-0.15, -0.1) is 0 Å². The number of carbonyl (C=O) groups is 1. The normalized spacial score (nSPS) is 15.7. The fourth-order valence-corrected chi connectivity index (χ4v) is 2.33. The number of rotatable bonds is 3. The van der Waals surface area contributed by atoms with E-state index in [9.17, 15) is 15.2 Å². The van der Waals surface area contributed by atoms with E-state index in [-0.39, 0.29) is 17.3 Å². The van der Waals surface area contributed by atoms with Crippen LogP contribution in [0.15, 0.2) is 18.2 Å². The van der Waals surface area contributed by atoms with Gasteiger partial charge in [-0.3, -0.25) is 4.79 Å². The van der Waals surface area contributed by atoms with E-state index in [1.807, 2.05) is 11.0 Å². The number of benzene rings is 1. The number of quaternary nitrogens is 1. The summed E-state index contributed by atoms with van der Waals surface area (Å²) in [5.41, 5.74) is 0.840. The van der Waals surface area contributed by atoms with Gasteiger partial charge in [0, 0.05) is 44.9 Å². The Balaban J connectivity index is 2.14. The van der Waals surface area contributed by atoms with Crippen LogP contribution in [0, 0.1) is 10.4 Å². The highest BCUT2D eigenvalue weighted by molar-refractivity contribution is 5.73. The molecule has 110 valence electrons. The van der Waals surface area contributed by atoms with Crippen molar-refractivity contribution in [2.75, 3.05) is 38.2 Å². The Hall–Kier alpha value is -1.83. The third-order valence-electron chi connectivity index (χ3n) is 3.49. The number of hydrogen-bond donors (Lipinski definition) is 1. The van der Waals surface area contributed by atoms with Crippen molar-refractivity contribution in [1.82, 2.24) is 4.90 Å². The van der Waals surface area contributed by atoms with Crippen LogP contribution in [0.5, 0.6) is 5.75 Å². The van der Waals surface area contributed by atoms with Gasteiger partial charge in [0.2, 0.25) is 5.91 Å². The molecular formula is C13H18N3O4-. The molecule has 2 rings (SSSR count). The summed E-state index contributed by atoms with van der Waals surface area (Å²) in [7, 11) is 1.42. The fraction of sp³-hybridized carbons (Fsp3) is 0.462. The van der Waals surface area contributed by atoms with E-state index in [4.69, 9.17) is 4.74 Å². The van der Waals surface area contributed by atoms with Crippen molar-refractivity contribution >= 4 is 17.3 Å². The molecule has 0 radical (unpaired) electrons. The molecule has 7 heteroatoms. The fourth-order valence-electron chi connectivity index (χ4n) is 2.33. The number of nitrogens with one attached hydrogen (secondary N) is 1. The Bertz CT molecular complexity index is 485. The average molecular weight is 280 g/mol. The molecule has 1 aromatic rings. The Morgan fingerprint density at radius 3 is 2.40 bits per heavy atom. The van der Waals surface area contributed by atoms with E-state index in [0.717, 1.165) is 5.69 Å². The van der Waals surface area contributed by atoms with Crippen molar-refractivity contribution in [3.05, 3.63) is 28.6 Å². The summed E-state index contributed by atoms with van der Waals surface area (Å²) in [6.45, 7) is 4.19. The van der Waals surface area contributed by atoms with E-state index in [2.05, 4.69) is 0 Å². The third-order valence-corrected chi connectivity index (χ3v) is 3.49. The van der Waals surface area contributed by atoms with Crippen LogP contribution in [0.25, 0.3) is 0 Å². The maximum Gasteiger partial charge on any atom is 0.219 e. The zero-order valence-corrected chi connectivity index (χ0v) is 11.6. The SMILES string of the molecule is COc1ccc(N2CCN(C(C)=O)CC2)cc1[NH+]([O-])[O-]. The lowest BCUT2D eigenvalue weighted by Gasteiger charge is -2.36. The zero-order valence-electron chi connectivity index (χ0n) is 11.6. The van der Waals surface area contributed by atoms with Gasteiger partial charge in [0.1, 0.15) is 0 Å². The minimum Gasteiger partial charge on any atom is -0.628 e. The van der Waals surface area contributed by atoms with Crippen LogP contribution in [0.4, 0.5) is 11.4 Å². The maximum absolute atomic E-state index is 11.3. The lowest BCUT2D eigenvalue weighted by Crippen LogP contribution is -2.96. The molecule has 1 aliphatic rings. The first-order chi connectivity index (χ1) is 9.52. The maximum atomic E-state index is 11.3. The summed E-state index contributed by atoms with van der Waals surface area (Å²) in [5.74, 6) is 0.353. The summed E-state index contributed by atoms with van der Waals surface area (Å²) in [4.78, 5) is 15.1. The van der Waals surface area contributed by atoms with E-state index >= 15 is 0 Å². The summed E-state index contributed by atoms with van der Waals surface area (Å²) in [5, 5.41) is 20.9. The Morgan fingerprint density at radius 2 is 1.90 bits per heavy atom. The number of amides is 1. The molecule has 1 aromatic carbocycles. The molecule has 1 amide bonds. The van der Waals surface area contributed by atoms with Crippen molar-refractivity contribution in [3.8, 4) is 5.75 Å². The van der Waals surface area contributed by atoms with E-state index < -0.39 is 5.23 Å². The van der Waals surface area contributed by atoms with E-state index in [0.29, 0.717) is 26.2 Å². The van der Waals surface area contributed by atoms with Gasteiger partial charge >= 0.3 is 0 Å². The largest absolute Gasteiger partial charge is 0.628 e. The number of carbonyl (C=O) groups excluding carboxylic acids is 1. The summed E-state index contributed by atoms with van der Waals surface area (Å²) in [6, 6.07) is 4.99. The molecule has 0 saturated carbocycles. The van der Waals surface area contributed by atoms with Gasteiger partial charge in [0.05, 0.1) is 7.11 Å². The van der Waals surface area contributed by atoms with Crippen molar-refractivity contribution in [2.24, 2.45) is 0 Å². The second-order valence-electron chi connectivity index (χ2n) is 4.67. The Labute approximate surface area is 117 Å². The summed E-state index contributed by atoms with van der Waals surface area (Å²) in [6.07, 6.45) is 0. The molecule has 0 aromatic heterocycles. The highest BCUT2D eigenvalue weighted by Crippen LogP contribution is 2.27. The van der Waals surface area contributed by atoms with Crippen molar-refractivity contribution < 1.29 is 14.8 Å². The summed E-state index contributed by atoms with van der Waals surface area (Å²) < 4.78 is 5.01. The van der Waals surface area contributed by atoms with Gasteiger partial charge in [0.15, 0.2) is 11.4 Å². The molecule has 0 bridgehead atoms. The van der Waals surface area contributed by atoms with Gasteiger partial charge in [-0.05, 0) is 12.1 Å². The molecule has 0 atom stereocenters. The first-order valence-electron chi connectivity index (χ1n) is 6.42. The number of ether oxygens (including phenoxy) is 1.